The van der Waals surface area contributed by atoms with Gasteiger partial charge in [0.1, 0.15) is 0 Å². The SMILES string of the molecule is COC(=O)C/C=C\CC1CCCN(C)C1. The van der Waals surface area contributed by atoms with Crippen molar-refractivity contribution in [1.29, 1.82) is 0 Å². The quantitative estimate of drug-likeness (QED) is 0.525. The van der Waals surface area contributed by atoms with Crippen LogP contribution in [0.3, 0.4) is 0 Å². The lowest BCUT2D eigenvalue weighted by Crippen LogP contribution is -2.31. The first-order valence-corrected chi connectivity index (χ1v) is 5.62. The minimum absolute atomic E-state index is 0.160. The zero-order chi connectivity index (χ0) is 11.1. The normalized spacial score (nSPS) is 23.2. The average Bonchev–Trinajstić information content (AvgIpc) is 2.24. The summed E-state index contributed by atoms with van der Waals surface area (Å²) < 4.78 is 4.56. The maximum absolute atomic E-state index is 10.8. The minimum Gasteiger partial charge on any atom is -0.469 e. The highest BCUT2D eigenvalue weighted by Gasteiger charge is 2.15. The van der Waals surface area contributed by atoms with Crippen LogP contribution >= 0.6 is 0 Å². The molecule has 86 valence electrons. The molecule has 0 radical (unpaired) electrons. The van der Waals surface area contributed by atoms with Crippen molar-refractivity contribution in [1.82, 2.24) is 4.90 Å². The van der Waals surface area contributed by atoms with Gasteiger partial charge in [-0.3, -0.25) is 4.79 Å². The molecule has 1 aliphatic rings. The van der Waals surface area contributed by atoms with Crippen LogP contribution < -0.4 is 0 Å². The van der Waals surface area contributed by atoms with Crippen LogP contribution in [0.25, 0.3) is 0 Å². The predicted octanol–water partition coefficient (Wildman–Crippen LogP) is 1.84. The standard InChI is InChI=1S/C12H21NO2/c1-13-9-5-7-11(10-13)6-3-4-8-12(14)15-2/h3-4,11H,5-10H2,1-2H3/b4-3-. The zero-order valence-corrected chi connectivity index (χ0v) is 9.74. The summed E-state index contributed by atoms with van der Waals surface area (Å²) in [6, 6.07) is 0. The summed E-state index contributed by atoms with van der Waals surface area (Å²) in [7, 11) is 3.59. The number of nitrogens with zero attached hydrogens (tertiary/aromatic N) is 1. The Kier molecular flexibility index (Phi) is 5.40. The molecular weight excluding hydrogens is 190 g/mol. The molecule has 0 aromatic carbocycles. The Morgan fingerprint density at radius 2 is 2.33 bits per heavy atom. The second-order valence-electron chi connectivity index (χ2n) is 4.26. The summed E-state index contributed by atoms with van der Waals surface area (Å²) in [5.41, 5.74) is 0. The molecule has 1 fully saturated rings. The smallest absolute Gasteiger partial charge is 0.309 e. The number of rotatable bonds is 4. The van der Waals surface area contributed by atoms with Gasteiger partial charge in [0.15, 0.2) is 0 Å². The van der Waals surface area contributed by atoms with Gasteiger partial charge in [0, 0.05) is 6.54 Å². The van der Waals surface area contributed by atoms with Crippen molar-refractivity contribution in [2.24, 2.45) is 5.92 Å². The molecule has 1 saturated heterocycles. The molecule has 1 rings (SSSR count). The number of allylic oxidation sites excluding steroid dienone is 1. The monoisotopic (exact) mass is 211 g/mol. The number of esters is 1. The van der Waals surface area contributed by atoms with E-state index in [1.54, 1.807) is 0 Å². The number of ether oxygens (including phenoxy) is 1. The molecule has 3 nitrogen and oxygen atoms in total. The Morgan fingerprint density at radius 3 is 3.00 bits per heavy atom. The molecule has 0 amide bonds. The van der Waals surface area contributed by atoms with Gasteiger partial charge in [0.25, 0.3) is 0 Å². The lowest BCUT2D eigenvalue weighted by molar-refractivity contribution is -0.139. The topological polar surface area (TPSA) is 29.5 Å². The fourth-order valence-electron chi connectivity index (χ4n) is 2.02. The highest BCUT2D eigenvalue weighted by molar-refractivity contribution is 5.70. The lowest BCUT2D eigenvalue weighted by Gasteiger charge is -2.28. The van der Waals surface area contributed by atoms with Crippen molar-refractivity contribution in [3.63, 3.8) is 0 Å². The maximum atomic E-state index is 10.8. The first kappa shape index (κ1) is 12.2. The van der Waals surface area contributed by atoms with Crippen LogP contribution in [-0.4, -0.2) is 38.1 Å². The number of carbonyl (C=O) groups excluding carboxylic acids is 1. The molecule has 1 heterocycles. The summed E-state index contributed by atoms with van der Waals surface area (Å²) in [5.74, 6) is 0.602. The molecule has 0 aromatic rings. The largest absolute Gasteiger partial charge is 0.469 e. The number of piperidine rings is 1. The van der Waals surface area contributed by atoms with E-state index in [1.165, 1.54) is 33.0 Å². The van der Waals surface area contributed by atoms with Crippen molar-refractivity contribution >= 4 is 5.97 Å². The van der Waals surface area contributed by atoms with Crippen LogP contribution in [0, 0.1) is 5.92 Å². The van der Waals surface area contributed by atoms with E-state index in [1.807, 2.05) is 6.08 Å². The molecule has 1 atom stereocenters. The molecule has 1 unspecified atom stereocenters. The van der Waals surface area contributed by atoms with Gasteiger partial charge in [-0.2, -0.15) is 0 Å². The van der Waals surface area contributed by atoms with Gasteiger partial charge >= 0.3 is 5.97 Å². The first-order valence-electron chi connectivity index (χ1n) is 5.62. The first-order chi connectivity index (χ1) is 7.22. The van der Waals surface area contributed by atoms with E-state index in [0.717, 1.165) is 12.3 Å². The highest BCUT2D eigenvalue weighted by atomic mass is 16.5. The van der Waals surface area contributed by atoms with Crippen molar-refractivity contribution in [3.8, 4) is 0 Å². The van der Waals surface area contributed by atoms with Crippen molar-refractivity contribution in [2.45, 2.75) is 25.7 Å². The molecule has 3 heteroatoms. The van der Waals surface area contributed by atoms with Crippen LogP contribution in [0.2, 0.25) is 0 Å². The third-order valence-electron chi connectivity index (χ3n) is 2.87. The number of hydrogen-bond donors (Lipinski definition) is 0. The van der Waals surface area contributed by atoms with Gasteiger partial charge in [-0.1, -0.05) is 12.2 Å². The van der Waals surface area contributed by atoms with Gasteiger partial charge in [-0.05, 0) is 38.8 Å². The van der Waals surface area contributed by atoms with E-state index in [0.29, 0.717) is 6.42 Å². The summed E-state index contributed by atoms with van der Waals surface area (Å²) >= 11 is 0. The van der Waals surface area contributed by atoms with E-state index >= 15 is 0 Å². The van der Waals surface area contributed by atoms with Crippen LogP contribution in [0.5, 0.6) is 0 Å². The predicted molar refractivity (Wildman–Crippen MR) is 60.6 cm³/mol. The molecule has 0 bridgehead atoms. The van der Waals surface area contributed by atoms with Gasteiger partial charge in [0.2, 0.25) is 0 Å². The summed E-state index contributed by atoms with van der Waals surface area (Å²) in [5, 5.41) is 0. The lowest BCUT2D eigenvalue weighted by atomic mass is 9.95. The Bertz CT molecular complexity index is 226. The van der Waals surface area contributed by atoms with Gasteiger partial charge in [-0.15, -0.1) is 0 Å². The van der Waals surface area contributed by atoms with Crippen LogP contribution in [-0.2, 0) is 9.53 Å². The second kappa shape index (κ2) is 6.62. The molecule has 0 aliphatic carbocycles. The molecule has 0 saturated carbocycles. The van der Waals surface area contributed by atoms with Crippen molar-refractivity contribution < 1.29 is 9.53 Å². The van der Waals surface area contributed by atoms with E-state index in [9.17, 15) is 4.79 Å². The molecule has 0 spiro atoms. The molecule has 1 aliphatic heterocycles. The molecule has 0 aromatic heterocycles. The second-order valence-corrected chi connectivity index (χ2v) is 4.26. The van der Waals surface area contributed by atoms with E-state index in [4.69, 9.17) is 0 Å². The number of hydrogen-bond acceptors (Lipinski definition) is 3. The third-order valence-corrected chi connectivity index (χ3v) is 2.87. The Balaban J connectivity index is 2.15. The number of methoxy groups -OCH3 is 1. The van der Waals surface area contributed by atoms with E-state index < -0.39 is 0 Å². The van der Waals surface area contributed by atoms with Gasteiger partial charge in [-0.25, -0.2) is 0 Å². The maximum Gasteiger partial charge on any atom is 0.309 e. The van der Waals surface area contributed by atoms with E-state index in [-0.39, 0.29) is 5.97 Å². The third kappa shape index (κ3) is 4.98. The van der Waals surface area contributed by atoms with Crippen LogP contribution in [0.15, 0.2) is 12.2 Å². The van der Waals surface area contributed by atoms with Crippen LogP contribution in [0.1, 0.15) is 25.7 Å². The Hall–Kier alpha value is -0.830. The summed E-state index contributed by atoms with van der Waals surface area (Å²) in [4.78, 5) is 13.2. The number of likely N-dealkylation sites (tertiary alicyclic amines) is 1. The fourth-order valence-corrected chi connectivity index (χ4v) is 2.02. The zero-order valence-electron chi connectivity index (χ0n) is 9.74. The minimum atomic E-state index is -0.160. The molecular formula is C12H21NO2. The fraction of sp³-hybridized carbons (Fsp3) is 0.750. The van der Waals surface area contributed by atoms with Crippen molar-refractivity contribution in [2.75, 3.05) is 27.2 Å². The summed E-state index contributed by atoms with van der Waals surface area (Å²) in [6.07, 6.45) is 8.13. The number of carbonyl (C=O) groups is 1. The highest BCUT2D eigenvalue weighted by Crippen LogP contribution is 2.18. The molecule has 0 N–H and O–H groups in total. The Morgan fingerprint density at radius 1 is 1.53 bits per heavy atom. The average molecular weight is 211 g/mol. The molecule has 15 heavy (non-hydrogen) atoms. The Labute approximate surface area is 92.1 Å². The van der Waals surface area contributed by atoms with E-state index in [2.05, 4.69) is 22.8 Å². The van der Waals surface area contributed by atoms with Crippen LogP contribution in [0.4, 0.5) is 0 Å². The van der Waals surface area contributed by atoms with Crippen molar-refractivity contribution in [3.05, 3.63) is 12.2 Å². The van der Waals surface area contributed by atoms with Gasteiger partial charge in [0.05, 0.1) is 13.5 Å². The summed E-state index contributed by atoms with van der Waals surface area (Å²) in [6.45, 7) is 2.41. The van der Waals surface area contributed by atoms with Gasteiger partial charge < -0.3 is 9.64 Å².